The largest absolute Gasteiger partial charge is 0.497 e. The number of aliphatic hydroxyl groups excluding tert-OH is 1. The molecule has 0 radical (unpaired) electrons. The summed E-state index contributed by atoms with van der Waals surface area (Å²) in [5.74, 6) is 0.868. The molecule has 2 aromatic rings. The molecule has 3 heteroatoms. The lowest BCUT2D eigenvalue weighted by Crippen LogP contribution is -1.97. The summed E-state index contributed by atoms with van der Waals surface area (Å²) in [6.45, 7) is 0. The van der Waals surface area contributed by atoms with E-state index in [1.165, 1.54) is 5.56 Å². The minimum absolute atomic E-state index is 0.350. The molecule has 0 bridgehead atoms. The first-order chi connectivity index (χ1) is 8.29. The van der Waals surface area contributed by atoms with Crippen molar-refractivity contribution in [3.63, 3.8) is 0 Å². The molecule has 1 unspecified atom stereocenters. The Morgan fingerprint density at radius 2 is 2.00 bits per heavy atom. The number of hydrogen-bond donors (Lipinski definition) is 1. The fourth-order valence-electron chi connectivity index (χ4n) is 1.72. The molecule has 1 N–H and O–H groups in total. The molecule has 0 saturated heterocycles. The Hall–Kier alpha value is -1.32. The summed E-state index contributed by atoms with van der Waals surface area (Å²) >= 11 is 1.60. The quantitative estimate of drug-likeness (QED) is 0.878. The topological polar surface area (TPSA) is 29.5 Å². The van der Waals surface area contributed by atoms with Gasteiger partial charge in [-0.25, -0.2) is 0 Å². The lowest BCUT2D eigenvalue weighted by Gasteiger charge is -2.08. The van der Waals surface area contributed by atoms with Gasteiger partial charge in [0.15, 0.2) is 0 Å². The standard InChI is InChI=1S/C14H16O2S/c1-16-12-7-4-11(5-8-12)6-9-13(15)14-3-2-10-17-14/h2-5,7-8,10,13,15H,6,9H2,1H3. The number of hydrogen-bond acceptors (Lipinski definition) is 3. The molecule has 0 aliphatic heterocycles. The Morgan fingerprint density at radius 1 is 1.24 bits per heavy atom. The number of ether oxygens (including phenoxy) is 1. The van der Waals surface area contributed by atoms with Gasteiger partial charge in [0.1, 0.15) is 5.75 Å². The van der Waals surface area contributed by atoms with Gasteiger partial charge in [0.05, 0.1) is 13.2 Å². The van der Waals surface area contributed by atoms with Gasteiger partial charge in [-0.15, -0.1) is 11.3 Å². The SMILES string of the molecule is COc1ccc(CCC(O)c2cccs2)cc1. The monoisotopic (exact) mass is 248 g/mol. The van der Waals surface area contributed by atoms with Gasteiger partial charge in [0.2, 0.25) is 0 Å². The van der Waals surface area contributed by atoms with Crippen molar-refractivity contribution in [3.8, 4) is 5.75 Å². The van der Waals surface area contributed by atoms with E-state index in [9.17, 15) is 5.11 Å². The fourth-order valence-corrected chi connectivity index (χ4v) is 2.47. The highest BCUT2D eigenvalue weighted by atomic mass is 32.1. The third-order valence-electron chi connectivity index (χ3n) is 2.74. The second kappa shape index (κ2) is 5.84. The summed E-state index contributed by atoms with van der Waals surface area (Å²) in [6, 6.07) is 11.9. The van der Waals surface area contributed by atoms with E-state index in [-0.39, 0.29) is 6.10 Å². The Morgan fingerprint density at radius 3 is 2.59 bits per heavy atom. The van der Waals surface area contributed by atoms with Crippen LogP contribution in [-0.4, -0.2) is 12.2 Å². The number of thiophene rings is 1. The number of aliphatic hydroxyl groups is 1. The van der Waals surface area contributed by atoms with Crippen LogP contribution in [0.1, 0.15) is 23.0 Å². The summed E-state index contributed by atoms with van der Waals surface area (Å²) < 4.78 is 5.11. The zero-order valence-electron chi connectivity index (χ0n) is 9.80. The summed E-state index contributed by atoms with van der Waals surface area (Å²) in [5.41, 5.74) is 1.22. The van der Waals surface area contributed by atoms with Crippen LogP contribution in [-0.2, 0) is 6.42 Å². The van der Waals surface area contributed by atoms with E-state index in [1.54, 1.807) is 18.4 Å². The number of methoxy groups -OCH3 is 1. The minimum Gasteiger partial charge on any atom is -0.497 e. The van der Waals surface area contributed by atoms with Gasteiger partial charge in [0, 0.05) is 4.88 Å². The number of benzene rings is 1. The Labute approximate surface area is 105 Å². The average molecular weight is 248 g/mol. The maximum absolute atomic E-state index is 9.96. The van der Waals surface area contributed by atoms with Gasteiger partial charge in [-0.1, -0.05) is 18.2 Å². The molecule has 0 saturated carbocycles. The predicted molar refractivity (Wildman–Crippen MR) is 70.6 cm³/mol. The maximum Gasteiger partial charge on any atom is 0.118 e. The molecule has 0 fully saturated rings. The second-order valence-corrected chi connectivity index (χ2v) is 4.90. The molecule has 0 aliphatic rings. The van der Waals surface area contributed by atoms with Gasteiger partial charge >= 0.3 is 0 Å². The molecule has 2 rings (SSSR count). The molecule has 2 nitrogen and oxygen atoms in total. The van der Waals surface area contributed by atoms with E-state index in [0.29, 0.717) is 0 Å². The third-order valence-corrected chi connectivity index (χ3v) is 3.71. The molecule has 17 heavy (non-hydrogen) atoms. The van der Waals surface area contributed by atoms with Crippen molar-refractivity contribution in [2.75, 3.05) is 7.11 Å². The van der Waals surface area contributed by atoms with Gasteiger partial charge in [-0.05, 0) is 42.0 Å². The van der Waals surface area contributed by atoms with Gasteiger partial charge in [0.25, 0.3) is 0 Å². The lowest BCUT2D eigenvalue weighted by atomic mass is 10.1. The predicted octanol–water partition coefficient (Wildman–Crippen LogP) is 3.42. The summed E-state index contributed by atoms with van der Waals surface area (Å²) in [4.78, 5) is 1.04. The van der Waals surface area contributed by atoms with Crippen LogP contribution in [0.25, 0.3) is 0 Å². The van der Waals surface area contributed by atoms with Crippen LogP contribution in [0, 0.1) is 0 Å². The number of aryl methyl sites for hydroxylation is 1. The lowest BCUT2D eigenvalue weighted by molar-refractivity contribution is 0.171. The summed E-state index contributed by atoms with van der Waals surface area (Å²) in [5, 5.41) is 11.9. The van der Waals surface area contributed by atoms with Crippen molar-refractivity contribution in [1.82, 2.24) is 0 Å². The Kier molecular flexibility index (Phi) is 4.18. The fraction of sp³-hybridized carbons (Fsp3) is 0.286. The van der Waals surface area contributed by atoms with E-state index < -0.39 is 0 Å². The molecule has 1 aromatic carbocycles. The van der Waals surface area contributed by atoms with Crippen LogP contribution in [0.3, 0.4) is 0 Å². The summed E-state index contributed by atoms with van der Waals surface area (Å²) in [7, 11) is 1.66. The molecule has 0 aliphatic carbocycles. The first-order valence-electron chi connectivity index (χ1n) is 5.64. The van der Waals surface area contributed by atoms with Crippen LogP contribution in [0.2, 0.25) is 0 Å². The molecule has 90 valence electrons. The van der Waals surface area contributed by atoms with E-state index in [2.05, 4.69) is 0 Å². The molecular weight excluding hydrogens is 232 g/mol. The third kappa shape index (κ3) is 3.32. The molecule has 1 heterocycles. The maximum atomic E-state index is 9.96. The van der Waals surface area contributed by atoms with Crippen molar-refractivity contribution in [2.45, 2.75) is 18.9 Å². The summed E-state index contributed by atoms with van der Waals surface area (Å²) in [6.07, 6.45) is 1.28. The van der Waals surface area contributed by atoms with Crippen LogP contribution in [0.4, 0.5) is 0 Å². The molecule has 0 spiro atoms. The van der Waals surface area contributed by atoms with Gasteiger partial charge < -0.3 is 9.84 Å². The first kappa shape index (κ1) is 12.1. The highest BCUT2D eigenvalue weighted by Crippen LogP contribution is 2.23. The first-order valence-corrected chi connectivity index (χ1v) is 6.52. The highest BCUT2D eigenvalue weighted by Gasteiger charge is 2.08. The van der Waals surface area contributed by atoms with Crippen LogP contribution >= 0.6 is 11.3 Å². The van der Waals surface area contributed by atoms with Crippen molar-refractivity contribution < 1.29 is 9.84 Å². The van der Waals surface area contributed by atoms with Crippen molar-refractivity contribution >= 4 is 11.3 Å². The van der Waals surface area contributed by atoms with E-state index >= 15 is 0 Å². The normalized spacial score (nSPS) is 12.4. The zero-order valence-corrected chi connectivity index (χ0v) is 10.6. The smallest absolute Gasteiger partial charge is 0.118 e. The molecular formula is C14H16O2S. The highest BCUT2D eigenvalue weighted by molar-refractivity contribution is 7.10. The van der Waals surface area contributed by atoms with Crippen LogP contribution in [0.5, 0.6) is 5.75 Å². The minimum atomic E-state index is -0.350. The van der Waals surface area contributed by atoms with Crippen molar-refractivity contribution in [3.05, 3.63) is 52.2 Å². The van der Waals surface area contributed by atoms with Gasteiger partial charge in [-0.2, -0.15) is 0 Å². The second-order valence-electron chi connectivity index (χ2n) is 3.92. The Bertz CT molecular complexity index is 434. The van der Waals surface area contributed by atoms with Crippen molar-refractivity contribution in [1.29, 1.82) is 0 Å². The van der Waals surface area contributed by atoms with E-state index in [4.69, 9.17) is 4.74 Å². The van der Waals surface area contributed by atoms with E-state index in [0.717, 1.165) is 23.5 Å². The zero-order chi connectivity index (χ0) is 12.1. The van der Waals surface area contributed by atoms with Crippen molar-refractivity contribution in [2.24, 2.45) is 0 Å². The molecule has 1 aromatic heterocycles. The molecule has 1 atom stereocenters. The average Bonchev–Trinajstić information content (AvgIpc) is 2.90. The van der Waals surface area contributed by atoms with E-state index in [1.807, 2.05) is 41.8 Å². The Balaban J connectivity index is 1.89. The van der Waals surface area contributed by atoms with Crippen LogP contribution in [0.15, 0.2) is 41.8 Å². The molecule has 0 amide bonds. The van der Waals surface area contributed by atoms with Crippen LogP contribution < -0.4 is 4.74 Å². The number of rotatable bonds is 5. The van der Waals surface area contributed by atoms with Gasteiger partial charge in [-0.3, -0.25) is 0 Å².